The molecule has 1 aromatic heterocycles. The Morgan fingerprint density at radius 2 is 2.30 bits per heavy atom. The molecule has 0 bridgehead atoms. The first-order valence-electron chi connectivity index (χ1n) is 7.22. The van der Waals surface area contributed by atoms with Gasteiger partial charge in [-0.15, -0.1) is 11.3 Å². The normalized spacial score (nSPS) is 14.0. The Morgan fingerprint density at radius 1 is 1.48 bits per heavy atom. The molecule has 0 radical (unpaired) electrons. The summed E-state index contributed by atoms with van der Waals surface area (Å²) in [5.74, 6) is -0.673. The average Bonchev–Trinajstić information content (AvgIpc) is 3.12. The fraction of sp³-hybridized carbons (Fsp3) is 0.312. The molecule has 0 saturated heterocycles. The number of carboxylic acid groups (broad SMARTS) is 1. The van der Waals surface area contributed by atoms with Gasteiger partial charge in [-0.05, 0) is 30.2 Å². The van der Waals surface area contributed by atoms with E-state index in [-0.39, 0.29) is 12.3 Å². The SMILES string of the molecule is Cc1nc(CC(=O)NC(C(=O)O)c2ccc3c(c2)CCO3)cs1. The molecule has 2 heterocycles. The first-order valence-corrected chi connectivity index (χ1v) is 8.09. The van der Waals surface area contributed by atoms with Gasteiger partial charge in [0, 0.05) is 11.8 Å². The fourth-order valence-corrected chi connectivity index (χ4v) is 3.15. The van der Waals surface area contributed by atoms with Gasteiger partial charge in [-0.2, -0.15) is 0 Å². The van der Waals surface area contributed by atoms with E-state index in [4.69, 9.17) is 4.74 Å². The molecule has 0 fully saturated rings. The van der Waals surface area contributed by atoms with Crippen molar-refractivity contribution in [3.8, 4) is 5.75 Å². The molecule has 1 aliphatic rings. The number of carboxylic acids is 1. The molecule has 6 nitrogen and oxygen atoms in total. The van der Waals surface area contributed by atoms with Crippen LogP contribution in [-0.4, -0.2) is 28.6 Å². The van der Waals surface area contributed by atoms with Crippen molar-refractivity contribution in [2.45, 2.75) is 25.8 Å². The number of nitrogens with one attached hydrogen (secondary N) is 1. The maximum absolute atomic E-state index is 12.1. The fourth-order valence-electron chi connectivity index (χ4n) is 2.54. The average molecular weight is 332 g/mol. The molecule has 1 atom stereocenters. The predicted molar refractivity (Wildman–Crippen MR) is 84.7 cm³/mol. The van der Waals surface area contributed by atoms with E-state index in [0.29, 0.717) is 17.9 Å². The maximum Gasteiger partial charge on any atom is 0.330 e. The number of amides is 1. The second-order valence-corrected chi connectivity index (χ2v) is 6.40. The molecular weight excluding hydrogens is 316 g/mol. The van der Waals surface area contributed by atoms with E-state index in [1.807, 2.05) is 6.92 Å². The molecule has 0 aliphatic carbocycles. The quantitative estimate of drug-likeness (QED) is 0.872. The third-order valence-electron chi connectivity index (χ3n) is 3.61. The molecule has 3 rings (SSSR count). The summed E-state index contributed by atoms with van der Waals surface area (Å²) < 4.78 is 5.41. The number of hydrogen-bond donors (Lipinski definition) is 2. The molecule has 7 heteroatoms. The van der Waals surface area contributed by atoms with Crippen LogP contribution in [-0.2, 0) is 22.4 Å². The highest BCUT2D eigenvalue weighted by Crippen LogP contribution is 2.28. The van der Waals surface area contributed by atoms with Crippen molar-refractivity contribution in [3.05, 3.63) is 45.4 Å². The van der Waals surface area contributed by atoms with Crippen LogP contribution < -0.4 is 10.1 Å². The van der Waals surface area contributed by atoms with Crippen LogP contribution in [0.5, 0.6) is 5.75 Å². The highest BCUT2D eigenvalue weighted by atomic mass is 32.1. The lowest BCUT2D eigenvalue weighted by atomic mass is 10.0. The zero-order valence-electron chi connectivity index (χ0n) is 12.5. The summed E-state index contributed by atoms with van der Waals surface area (Å²) in [7, 11) is 0. The smallest absolute Gasteiger partial charge is 0.330 e. The Balaban J connectivity index is 1.74. The number of aliphatic carboxylic acids is 1. The summed E-state index contributed by atoms with van der Waals surface area (Å²) in [4.78, 5) is 27.9. The molecular formula is C16H16N2O4S. The van der Waals surface area contributed by atoms with E-state index >= 15 is 0 Å². The van der Waals surface area contributed by atoms with Gasteiger partial charge in [0.15, 0.2) is 6.04 Å². The molecule has 2 aromatic rings. The number of fused-ring (bicyclic) bond motifs is 1. The third-order valence-corrected chi connectivity index (χ3v) is 4.43. The van der Waals surface area contributed by atoms with E-state index in [1.165, 1.54) is 11.3 Å². The maximum atomic E-state index is 12.1. The number of aryl methyl sites for hydroxylation is 1. The Morgan fingerprint density at radius 3 is 3.00 bits per heavy atom. The molecule has 0 spiro atoms. The van der Waals surface area contributed by atoms with Crippen molar-refractivity contribution in [1.82, 2.24) is 10.3 Å². The Bertz CT molecular complexity index is 756. The first-order chi connectivity index (χ1) is 11.0. The number of rotatable bonds is 5. The monoisotopic (exact) mass is 332 g/mol. The van der Waals surface area contributed by atoms with Gasteiger partial charge in [-0.1, -0.05) is 6.07 Å². The van der Waals surface area contributed by atoms with Crippen molar-refractivity contribution >= 4 is 23.2 Å². The topological polar surface area (TPSA) is 88.5 Å². The van der Waals surface area contributed by atoms with Crippen molar-refractivity contribution in [3.63, 3.8) is 0 Å². The summed E-state index contributed by atoms with van der Waals surface area (Å²) in [6.45, 7) is 2.46. The van der Waals surface area contributed by atoms with Crippen LogP contribution in [0.25, 0.3) is 0 Å². The Kier molecular flexibility index (Phi) is 4.29. The van der Waals surface area contributed by atoms with E-state index in [0.717, 1.165) is 22.7 Å². The van der Waals surface area contributed by atoms with Crippen LogP contribution in [0.3, 0.4) is 0 Å². The van der Waals surface area contributed by atoms with Crippen molar-refractivity contribution in [1.29, 1.82) is 0 Å². The highest BCUT2D eigenvalue weighted by Gasteiger charge is 2.24. The number of benzene rings is 1. The van der Waals surface area contributed by atoms with Crippen LogP contribution in [0.15, 0.2) is 23.6 Å². The van der Waals surface area contributed by atoms with E-state index < -0.39 is 12.0 Å². The second-order valence-electron chi connectivity index (χ2n) is 5.34. The lowest BCUT2D eigenvalue weighted by Crippen LogP contribution is -2.34. The van der Waals surface area contributed by atoms with Gasteiger partial charge in [0.05, 0.1) is 23.7 Å². The van der Waals surface area contributed by atoms with Crippen LogP contribution in [0, 0.1) is 6.92 Å². The van der Waals surface area contributed by atoms with Crippen LogP contribution in [0.1, 0.15) is 27.9 Å². The molecule has 23 heavy (non-hydrogen) atoms. The third kappa shape index (κ3) is 3.50. The summed E-state index contributed by atoms with van der Waals surface area (Å²) >= 11 is 1.46. The second kappa shape index (κ2) is 6.37. The van der Waals surface area contributed by atoms with E-state index in [9.17, 15) is 14.7 Å². The zero-order valence-corrected chi connectivity index (χ0v) is 13.4. The summed E-state index contributed by atoms with van der Waals surface area (Å²) in [5, 5.41) is 14.7. The molecule has 120 valence electrons. The van der Waals surface area contributed by atoms with Crippen LogP contribution in [0.4, 0.5) is 0 Å². The Hall–Kier alpha value is -2.41. The lowest BCUT2D eigenvalue weighted by Gasteiger charge is -2.15. The van der Waals surface area contributed by atoms with Gasteiger partial charge in [0.25, 0.3) is 0 Å². The van der Waals surface area contributed by atoms with Crippen LogP contribution in [0.2, 0.25) is 0 Å². The van der Waals surface area contributed by atoms with Crippen molar-refractivity contribution < 1.29 is 19.4 Å². The first kappa shape index (κ1) is 15.5. The number of carbonyl (C=O) groups is 2. The minimum Gasteiger partial charge on any atom is -0.493 e. The number of aromatic nitrogens is 1. The number of thiazole rings is 1. The number of nitrogens with zero attached hydrogens (tertiary/aromatic N) is 1. The number of carbonyl (C=O) groups excluding carboxylic acids is 1. The highest BCUT2D eigenvalue weighted by molar-refractivity contribution is 7.09. The molecule has 2 N–H and O–H groups in total. The summed E-state index contributed by atoms with van der Waals surface area (Å²) in [6, 6.07) is 4.14. The van der Waals surface area contributed by atoms with Crippen molar-refractivity contribution in [2.75, 3.05) is 6.61 Å². The van der Waals surface area contributed by atoms with Crippen LogP contribution >= 0.6 is 11.3 Å². The van der Waals surface area contributed by atoms with Gasteiger partial charge in [-0.25, -0.2) is 9.78 Å². The zero-order chi connectivity index (χ0) is 16.4. The predicted octanol–water partition coefficient (Wildman–Crippen LogP) is 1.87. The molecule has 1 aliphatic heterocycles. The van der Waals surface area contributed by atoms with Gasteiger partial charge >= 0.3 is 5.97 Å². The molecule has 1 amide bonds. The summed E-state index contributed by atoms with van der Waals surface area (Å²) in [6.07, 6.45) is 0.823. The van der Waals surface area contributed by atoms with Gasteiger partial charge < -0.3 is 15.2 Å². The minimum atomic E-state index is -1.09. The standard InChI is InChI=1S/C16H16N2O4S/c1-9-17-12(8-23-9)7-14(19)18-15(16(20)21)11-2-3-13-10(6-11)4-5-22-13/h2-3,6,8,15H,4-5,7H2,1H3,(H,18,19)(H,20,21). The largest absolute Gasteiger partial charge is 0.493 e. The van der Waals surface area contributed by atoms with Gasteiger partial charge in [0.2, 0.25) is 5.91 Å². The Labute approximate surface area is 137 Å². The molecule has 0 saturated carbocycles. The van der Waals surface area contributed by atoms with Gasteiger partial charge in [0.1, 0.15) is 5.75 Å². The van der Waals surface area contributed by atoms with Gasteiger partial charge in [-0.3, -0.25) is 4.79 Å². The number of ether oxygens (including phenoxy) is 1. The van der Waals surface area contributed by atoms with E-state index in [2.05, 4.69) is 10.3 Å². The summed E-state index contributed by atoms with van der Waals surface area (Å²) in [5.41, 5.74) is 2.17. The molecule has 1 unspecified atom stereocenters. The lowest BCUT2D eigenvalue weighted by molar-refractivity contribution is -0.142. The molecule has 1 aromatic carbocycles. The van der Waals surface area contributed by atoms with Crippen molar-refractivity contribution in [2.24, 2.45) is 0 Å². The van der Waals surface area contributed by atoms with E-state index in [1.54, 1.807) is 23.6 Å². The minimum absolute atomic E-state index is 0.0716. The number of hydrogen-bond acceptors (Lipinski definition) is 5.